The van der Waals surface area contributed by atoms with Crippen LogP contribution in [-0.4, -0.2) is 38.1 Å². The van der Waals surface area contributed by atoms with Crippen molar-refractivity contribution in [2.45, 2.75) is 77.9 Å². The van der Waals surface area contributed by atoms with E-state index in [1.54, 1.807) is 33.8 Å². The zero-order valence-corrected chi connectivity index (χ0v) is 25.1. The summed E-state index contributed by atoms with van der Waals surface area (Å²) in [5, 5.41) is 3.44. The lowest BCUT2D eigenvalue weighted by Crippen LogP contribution is -2.51. The van der Waals surface area contributed by atoms with Crippen molar-refractivity contribution in [3.63, 3.8) is 0 Å². The highest BCUT2D eigenvalue weighted by Gasteiger charge is 2.33. The number of ether oxygens (including phenoxy) is 2. The zero-order chi connectivity index (χ0) is 28.4. The molecule has 0 aromatic heterocycles. The van der Waals surface area contributed by atoms with Crippen molar-refractivity contribution >= 4 is 25.5 Å². The van der Waals surface area contributed by atoms with E-state index >= 15 is 0 Å². The SMILES string of the molecule is CCCc1cccc(Oc2ccc(CCCC(C)(COP(=O)(OC)OC)NC(=O)OC(C)(C)C)c(Cl)c2)c1. The molecule has 0 radical (unpaired) electrons. The summed E-state index contributed by atoms with van der Waals surface area (Å²) in [6, 6.07) is 13.7. The first kappa shape index (κ1) is 32.1. The summed E-state index contributed by atoms with van der Waals surface area (Å²) >= 11 is 6.58. The van der Waals surface area contributed by atoms with Crippen LogP contribution in [0.2, 0.25) is 5.02 Å². The van der Waals surface area contributed by atoms with Crippen LogP contribution in [0.3, 0.4) is 0 Å². The lowest BCUT2D eigenvalue weighted by Gasteiger charge is -2.32. The van der Waals surface area contributed by atoms with Crippen LogP contribution in [0, 0.1) is 0 Å². The Balaban J connectivity index is 2.06. The molecular formula is C28H41ClNO7P. The fourth-order valence-electron chi connectivity index (χ4n) is 3.77. The van der Waals surface area contributed by atoms with Gasteiger partial charge in [-0.15, -0.1) is 0 Å². The fraction of sp³-hybridized carbons (Fsp3) is 0.536. The van der Waals surface area contributed by atoms with Crippen LogP contribution in [0.1, 0.15) is 65.0 Å². The molecule has 1 unspecified atom stereocenters. The summed E-state index contributed by atoms with van der Waals surface area (Å²) in [5.41, 5.74) is 0.592. The van der Waals surface area contributed by atoms with E-state index in [9.17, 15) is 9.36 Å². The van der Waals surface area contributed by atoms with E-state index in [4.69, 9.17) is 34.6 Å². The van der Waals surface area contributed by atoms with E-state index in [-0.39, 0.29) is 6.61 Å². The molecule has 0 saturated heterocycles. The topological polar surface area (TPSA) is 92.3 Å². The molecule has 0 heterocycles. The zero-order valence-electron chi connectivity index (χ0n) is 23.5. The number of carbonyl (C=O) groups is 1. The first-order valence-electron chi connectivity index (χ1n) is 12.7. The lowest BCUT2D eigenvalue weighted by molar-refractivity contribution is 0.0386. The van der Waals surface area contributed by atoms with Gasteiger partial charge in [0, 0.05) is 19.2 Å². The minimum absolute atomic E-state index is 0.108. The van der Waals surface area contributed by atoms with Gasteiger partial charge in [0.15, 0.2) is 0 Å². The van der Waals surface area contributed by atoms with Gasteiger partial charge in [-0.25, -0.2) is 9.36 Å². The van der Waals surface area contributed by atoms with Crippen molar-refractivity contribution in [1.82, 2.24) is 5.32 Å². The van der Waals surface area contributed by atoms with Crippen LogP contribution in [0.15, 0.2) is 42.5 Å². The molecule has 2 aromatic carbocycles. The largest absolute Gasteiger partial charge is 0.474 e. The molecule has 0 saturated carbocycles. The van der Waals surface area contributed by atoms with Crippen LogP contribution in [-0.2, 0) is 35.7 Å². The van der Waals surface area contributed by atoms with Gasteiger partial charge in [-0.05, 0) is 88.8 Å². The number of nitrogens with one attached hydrogen (secondary N) is 1. The molecule has 0 spiro atoms. The maximum absolute atomic E-state index is 12.5. The maximum Gasteiger partial charge on any atom is 0.474 e. The van der Waals surface area contributed by atoms with Crippen LogP contribution < -0.4 is 10.1 Å². The Labute approximate surface area is 231 Å². The highest BCUT2D eigenvalue weighted by Crippen LogP contribution is 2.48. The molecular weight excluding hydrogens is 529 g/mol. The van der Waals surface area contributed by atoms with E-state index in [1.165, 1.54) is 19.8 Å². The summed E-state index contributed by atoms with van der Waals surface area (Å²) in [4.78, 5) is 12.5. The number of rotatable bonds is 14. The number of benzene rings is 2. The Hall–Kier alpha value is -2.09. The number of alkyl carbamates (subject to hydrolysis) is 1. The Morgan fingerprint density at radius 3 is 2.29 bits per heavy atom. The summed E-state index contributed by atoms with van der Waals surface area (Å²) in [7, 11) is -1.26. The molecule has 38 heavy (non-hydrogen) atoms. The predicted molar refractivity (Wildman–Crippen MR) is 150 cm³/mol. The monoisotopic (exact) mass is 569 g/mol. The Morgan fingerprint density at radius 1 is 1.00 bits per heavy atom. The fourth-order valence-corrected chi connectivity index (χ4v) is 4.84. The molecule has 10 heteroatoms. The quantitative estimate of drug-likeness (QED) is 0.230. The van der Waals surface area contributed by atoms with Crippen molar-refractivity contribution in [3.8, 4) is 11.5 Å². The summed E-state index contributed by atoms with van der Waals surface area (Å²) < 4.78 is 39.0. The van der Waals surface area contributed by atoms with Crippen molar-refractivity contribution < 1.29 is 32.4 Å². The van der Waals surface area contributed by atoms with Crippen LogP contribution in [0.5, 0.6) is 11.5 Å². The molecule has 0 aliphatic rings. The second-order valence-electron chi connectivity index (χ2n) is 10.4. The predicted octanol–water partition coefficient (Wildman–Crippen LogP) is 8.11. The van der Waals surface area contributed by atoms with E-state index in [1.807, 2.05) is 30.3 Å². The molecule has 2 aromatic rings. The van der Waals surface area contributed by atoms with Gasteiger partial charge in [0.2, 0.25) is 0 Å². The van der Waals surface area contributed by atoms with Crippen LogP contribution in [0.25, 0.3) is 0 Å². The van der Waals surface area contributed by atoms with Crippen LogP contribution >= 0.6 is 19.4 Å². The second-order valence-corrected chi connectivity index (χ2v) is 12.7. The van der Waals surface area contributed by atoms with Crippen LogP contribution in [0.4, 0.5) is 4.79 Å². The number of amides is 1. The Morgan fingerprint density at radius 2 is 1.68 bits per heavy atom. The lowest BCUT2D eigenvalue weighted by atomic mass is 9.94. The highest BCUT2D eigenvalue weighted by atomic mass is 35.5. The van der Waals surface area contributed by atoms with Crippen molar-refractivity contribution in [3.05, 3.63) is 58.6 Å². The number of phosphoric ester groups is 1. The number of carbonyl (C=O) groups excluding carboxylic acids is 1. The standard InChI is InChI=1S/C28H41ClNO7P/c1-8-11-21-12-9-14-23(18-21)36-24-16-15-22(25(29)19-24)13-10-17-28(5,20-35-38(32,33-6)34-7)30-26(31)37-27(2,3)4/h9,12,14-16,18-19H,8,10-11,13,17,20H2,1-7H3,(H,30,31). The Bertz CT molecular complexity index is 1100. The smallest absolute Gasteiger partial charge is 0.457 e. The number of phosphoric acid groups is 1. The summed E-state index contributed by atoms with van der Waals surface area (Å²) in [5.74, 6) is 1.43. The molecule has 0 aliphatic heterocycles. The molecule has 2 rings (SSSR count). The van der Waals surface area contributed by atoms with Crippen molar-refractivity contribution in [2.24, 2.45) is 0 Å². The van der Waals surface area contributed by atoms with E-state index in [2.05, 4.69) is 18.3 Å². The number of halogens is 1. The molecule has 1 N–H and O–H groups in total. The van der Waals surface area contributed by atoms with Crippen molar-refractivity contribution in [2.75, 3.05) is 20.8 Å². The second kappa shape index (κ2) is 14.3. The number of hydrogen-bond acceptors (Lipinski definition) is 7. The number of hydrogen-bond donors (Lipinski definition) is 1. The molecule has 1 atom stereocenters. The third-order valence-corrected chi connectivity index (χ3v) is 7.35. The summed E-state index contributed by atoms with van der Waals surface area (Å²) in [6.07, 6.45) is 3.25. The molecule has 0 fully saturated rings. The van der Waals surface area contributed by atoms with Gasteiger partial charge < -0.3 is 14.8 Å². The van der Waals surface area contributed by atoms with Gasteiger partial charge in [0.05, 0.1) is 12.1 Å². The average molecular weight is 570 g/mol. The van der Waals surface area contributed by atoms with E-state index in [0.29, 0.717) is 30.0 Å². The molecule has 212 valence electrons. The van der Waals surface area contributed by atoms with Gasteiger partial charge >= 0.3 is 13.9 Å². The van der Waals surface area contributed by atoms with Crippen molar-refractivity contribution in [1.29, 1.82) is 0 Å². The van der Waals surface area contributed by atoms with Gasteiger partial charge in [0.25, 0.3) is 0 Å². The number of aryl methyl sites for hydroxylation is 2. The highest BCUT2D eigenvalue weighted by molar-refractivity contribution is 7.48. The first-order chi connectivity index (χ1) is 17.8. The molecule has 0 aliphatic carbocycles. The maximum atomic E-state index is 12.5. The normalized spacial score (nSPS) is 13.6. The van der Waals surface area contributed by atoms with E-state index < -0.39 is 25.1 Å². The molecule has 8 nitrogen and oxygen atoms in total. The van der Waals surface area contributed by atoms with Gasteiger partial charge in [-0.2, -0.15) is 0 Å². The Kier molecular flexibility index (Phi) is 12.1. The molecule has 0 bridgehead atoms. The minimum Gasteiger partial charge on any atom is -0.457 e. The minimum atomic E-state index is -3.73. The third-order valence-electron chi connectivity index (χ3n) is 5.66. The third kappa shape index (κ3) is 11.0. The van der Waals surface area contributed by atoms with Gasteiger partial charge in [-0.1, -0.05) is 43.1 Å². The first-order valence-corrected chi connectivity index (χ1v) is 14.6. The van der Waals surface area contributed by atoms with E-state index in [0.717, 1.165) is 24.2 Å². The van der Waals surface area contributed by atoms with Gasteiger partial charge in [-0.3, -0.25) is 13.6 Å². The average Bonchev–Trinajstić information content (AvgIpc) is 2.83. The molecule has 1 amide bonds. The summed E-state index contributed by atoms with van der Waals surface area (Å²) in [6.45, 7) is 9.17. The van der Waals surface area contributed by atoms with Gasteiger partial charge in [0.1, 0.15) is 17.1 Å².